The molecule has 2 fully saturated rings. The van der Waals surface area contributed by atoms with E-state index in [2.05, 4.69) is 10.2 Å². The van der Waals surface area contributed by atoms with E-state index in [0.29, 0.717) is 13.2 Å². The summed E-state index contributed by atoms with van der Waals surface area (Å²) in [5.41, 5.74) is 1.24. The quantitative estimate of drug-likeness (QED) is 0.640. The van der Waals surface area contributed by atoms with Crippen LogP contribution in [0.3, 0.4) is 0 Å². The monoisotopic (exact) mass is 420 g/mol. The van der Waals surface area contributed by atoms with Crippen molar-refractivity contribution in [1.82, 2.24) is 10.2 Å². The van der Waals surface area contributed by atoms with Crippen LogP contribution in [0.15, 0.2) is 30.0 Å². The SMILES string of the molecule is COCC1(CNC2=CC2c2ccc(F)c(F)c2)CCN(CC2(C(=O)O)CCC2)CC1. The van der Waals surface area contributed by atoms with Crippen molar-refractivity contribution in [2.75, 3.05) is 39.9 Å². The summed E-state index contributed by atoms with van der Waals surface area (Å²) in [6.45, 7) is 3.77. The summed E-state index contributed by atoms with van der Waals surface area (Å²) in [5.74, 6) is -2.28. The average molecular weight is 421 g/mol. The Morgan fingerprint density at radius 3 is 2.53 bits per heavy atom. The number of hydrogen-bond donors (Lipinski definition) is 2. The zero-order valence-corrected chi connectivity index (χ0v) is 17.4. The number of methoxy groups -OCH3 is 1. The van der Waals surface area contributed by atoms with Crippen LogP contribution in [0.2, 0.25) is 0 Å². The third-order valence-corrected chi connectivity index (χ3v) is 7.20. The van der Waals surface area contributed by atoms with Crippen molar-refractivity contribution in [1.29, 1.82) is 0 Å². The smallest absolute Gasteiger partial charge is 0.310 e. The van der Waals surface area contributed by atoms with Crippen LogP contribution in [0.5, 0.6) is 0 Å². The molecule has 0 spiro atoms. The molecule has 0 bridgehead atoms. The van der Waals surface area contributed by atoms with Crippen molar-refractivity contribution in [3.8, 4) is 0 Å². The molecule has 1 unspecified atom stereocenters. The molecule has 4 rings (SSSR count). The van der Waals surface area contributed by atoms with Gasteiger partial charge in [-0.2, -0.15) is 0 Å². The average Bonchev–Trinajstić information content (AvgIpc) is 3.46. The summed E-state index contributed by atoms with van der Waals surface area (Å²) in [6.07, 6.45) is 6.47. The Balaban J connectivity index is 1.30. The van der Waals surface area contributed by atoms with Gasteiger partial charge in [0.25, 0.3) is 0 Å². The second kappa shape index (κ2) is 8.27. The number of nitrogens with zero attached hydrogens (tertiary/aromatic N) is 1. The van der Waals surface area contributed by atoms with Crippen LogP contribution in [-0.2, 0) is 9.53 Å². The lowest BCUT2D eigenvalue weighted by Gasteiger charge is -2.46. The molecule has 164 valence electrons. The first-order valence-corrected chi connectivity index (χ1v) is 10.7. The Hall–Kier alpha value is -1.99. The first-order chi connectivity index (χ1) is 14.4. The Morgan fingerprint density at radius 1 is 1.23 bits per heavy atom. The molecule has 1 aromatic rings. The fourth-order valence-corrected chi connectivity index (χ4v) is 4.91. The van der Waals surface area contributed by atoms with Gasteiger partial charge in [-0.15, -0.1) is 0 Å². The number of carboxylic acid groups (broad SMARTS) is 1. The van der Waals surface area contributed by atoms with Gasteiger partial charge in [-0.05, 0) is 56.5 Å². The molecule has 0 aromatic heterocycles. The molecule has 7 heteroatoms. The number of likely N-dealkylation sites (tertiary alicyclic amines) is 1. The molecule has 1 saturated heterocycles. The van der Waals surface area contributed by atoms with Gasteiger partial charge < -0.3 is 20.1 Å². The van der Waals surface area contributed by atoms with Crippen LogP contribution in [0.1, 0.15) is 43.6 Å². The fraction of sp³-hybridized carbons (Fsp3) is 0.609. The first kappa shape index (κ1) is 21.2. The number of rotatable bonds is 9. The van der Waals surface area contributed by atoms with Crippen molar-refractivity contribution < 1.29 is 23.4 Å². The molecule has 1 heterocycles. The van der Waals surface area contributed by atoms with E-state index in [9.17, 15) is 18.7 Å². The topological polar surface area (TPSA) is 61.8 Å². The standard InChI is InChI=1S/C23H30F2N2O3/c1-30-15-22(7-9-27(10-8-22)14-23(21(28)29)5-2-6-23)13-26-20-12-17(20)16-3-4-18(24)19(25)11-16/h3-4,11-12,17,26H,2,5-10,13-15H2,1H3,(H,28,29). The Kier molecular flexibility index (Phi) is 5.86. The van der Waals surface area contributed by atoms with Gasteiger partial charge in [-0.3, -0.25) is 4.79 Å². The van der Waals surface area contributed by atoms with Crippen molar-refractivity contribution in [2.45, 2.75) is 38.0 Å². The summed E-state index contributed by atoms with van der Waals surface area (Å²) in [7, 11) is 1.71. The maximum atomic E-state index is 13.5. The van der Waals surface area contributed by atoms with Crippen molar-refractivity contribution in [2.24, 2.45) is 10.8 Å². The van der Waals surface area contributed by atoms with Crippen molar-refractivity contribution in [3.63, 3.8) is 0 Å². The Morgan fingerprint density at radius 2 is 1.97 bits per heavy atom. The van der Waals surface area contributed by atoms with E-state index in [-0.39, 0.29) is 11.3 Å². The third kappa shape index (κ3) is 4.23. The van der Waals surface area contributed by atoms with Gasteiger partial charge in [0, 0.05) is 37.2 Å². The minimum atomic E-state index is -0.828. The predicted molar refractivity (Wildman–Crippen MR) is 109 cm³/mol. The molecule has 3 aliphatic rings. The number of halogens is 2. The summed E-state index contributed by atoms with van der Waals surface area (Å²) in [4.78, 5) is 14.0. The van der Waals surface area contributed by atoms with E-state index in [1.165, 1.54) is 12.1 Å². The van der Waals surface area contributed by atoms with Gasteiger partial charge in [0.1, 0.15) is 0 Å². The number of aliphatic carboxylic acids is 1. The van der Waals surface area contributed by atoms with Gasteiger partial charge in [0.05, 0.1) is 12.0 Å². The highest BCUT2D eigenvalue weighted by Gasteiger charge is 2.47. The lowest BCUT2D eigenvalue weighted by Crippen LogP contribution is -2.53. The zero-order chi connectivity index (χ0) is 21.4. The van der Waals surface area contributed by atoms with Crippen LogP contribution in [0, 0.1) is 22.5 Å². The number of carboxylic acids is 1. The summed E-state index contributed by atoms with van der Waals surface area (Å²) in [5, 5.41) is 13.1. The minimum Gasteiger partial charge on any atom is -0.481 e. The normalized spacial score (nSPS) is 24.6. The molecular weight excluding hydrogens is 390 g/mol. The van der Waals surface area contributed by atoms with Crippen LogP contribution < -0.4 is 5.32 Å². The summed E-state index contributed by atoms with van der Waals surface area (Å²) in [6, 6.07) is 4.05. The number of nitrogens with one attached hydrogen (secondary N) is 1. The summed E-state index contributed by atoms with van der Waals surface area (Å²) < 4.78 is 32.2. The Labute approximate surface area is 176 Å². The van der Waals surface area contributed by atoms with Crippen LogP contribution in [0.4, 0.5) is 8.78 Å². The number of allylic oxidation sites excluding steroid dienone is 2. The third-order valence-electron chi connectivity index (χ3n) is 7.20. The lowest BCUT2D eigenvalue weighted by molar-refractivity contribution is -0.156. The van der Waals surface area contributed by atoms with Gasteiger partial charge >= 0.3 is 5.97 Å². The van der Waals surface area contributed by atoms with E-state index < -0.39 is 23.0 Å². The van der Waals surface area contributed by atoms with Crippen molar-refractivity contribution >= 4 is 5.97 Å². The molecule has 1 saturated carbocycles. The zero-order valence-electron chi connectivity index (χ0n) is 17.4. The molecule has 1 aliphatic heterocycles. The summed E-state index contributed by atoms with van der Waals surface area (Å²) >= 11 is 0. The molecule has 1 atom stereocenters. The Bertz CT molecular complexity index is 830. The van der Waals surface area contributed by atoms with Crippen LogP contribution in [0.25, 0.3) is 0 Å². The molecule has 30 heavy (non-hydrogen) atoms. The first-order valence-electron chi connectivity index (χ1n) is 10.7. The molecule has 5 nitrogen and oxygen atoms in total. The van der Waals surface area contributed by atoms with Gasteiger partial charge in [0.15, 0.2) is 11.6 Å². The van der Waals surface area contributed by atoms with Gasteiger partial charge in [-0.25, -0.2) is 8.78 Å². The molecule has 0 amide bonds. The highest BCUT2D eigenvalue weighted by Crippen LogP contribution is 2.44. The van der Waals surface area contributed by atoms with E-state index in [0.717, 1.165) is 63.0 Å². The molecule has 0 radical (unpaired) electrons. The fourth-order valence-electron chi connectivity index (χ4n) is 4.91. The second-order valence-corrected chi connectivity index (χ2v) is 9.27. The minimum absolute atomic E-state index is 0.0106. The van der Waals surface area contributed by atoms with Crippen molar-refractivity contribution in [3.05, 3.63) is 47.2 Å². The number of ether oxygens (including phenoxy) is 1. The van der Waals surface area contributed by atoms with E-state index >= 15 is 0 Å². The molecule has 1 aromatic carbocycles. The number of carbonyl (C=O) groups is 1. The van der Waals surface area contributed by atoms with Gasteiger partial charge in [-0.1, -0.05) is 18.6 Å². The molecule has 2 aliphatic carbocycles. The molecular formula is C23H30F2N2O3. The van der Waals surface area contributed by atoms with E-state index in [4.69, 9.17) is 4.74 Å². The highest BCUT2D eigenvalue weighted by atomic mass is 19.2. The van der Waals surface area contributed by atoms with Gasteiger partial charge in [0.2, 0.25) is 0 Å². The largest absolute Gasteiger partial charge is 0.481 e. The van der Waals surface area contributed by atoms with E-state index in [1.54, 1.807) is 13.2 Å². The number of piperidine rings is 1. The predicted octanol–water partition coefficient (Wildman–Crippen LogP) is 3.52. The second-order valence-electron chi connectivity index (χ2n) is 9.27. The highest BCUT2D eigenvalue weighted by molar-refractivity contribution is 5.76. The van der Waals surface area contributed by atoms with Crippen LogP contribution >= 0.6 is 0 Å². The maximum absolute atomic E-state index is 13.5. The lowest BCUT2D eigenvalue weighted by atomic mass is 9.68. The maximum Gasteiger partial charge on any atom is 0.310 e. The van der Waals surface area contributed by atoms with Crippen LogP contribution in [-0.4, -0.2) is 55.9 Å². The number of benzene rings is 1. The molecule has 2 N–H and O–H groups in total. The van der Waals surface area contributed by atoms with E-state index in [1.807, 2.05) is 6.08 Å². The number of hydrogen-bond acceptors (Lipinski definition) is 4.